The lowest BCUT2D eigenvalue weighted by Gasteiger charge is -2.18. The van der Waals surface area contributed by atoms with Crippen molar-refractivity contribution in [1.29, 1.82) is 0 Å². The molecule has 0 fully saturated rings. The van der Waals surface area contributed by atoms with Crippen LogP contribution >= 0.6 is 0 Å². The van der Waals surface area contributed by atoms with Crippen molar-refractivity contribution in [1.82, 2.24) is 10.6 Å². The minimum absolute atomic E-state index is 0.0776. The van der Waals surface area contributed by atoms with Crippen LogP contribution in [0.15, 0.2) is 48.5 Å². The summed E-state index contributed by atoms with van der Waals surface area (Å²) < 4.78 is 0. The molecule has 32 heavy (non-hydrogen) atoms. The van der Waals surface area contributed by atoms with Crippen LogP contribution in [0.1, 0.15) is 58.5 Å². The molecule has 0 heterocycles. The number of aryl methyl sites for hydroxylation is 2. The van der Waals surface area contributed by atoms with Crippen molar-refractivity contribution >= 4 is 44.1 Å². The fourth-order valence-electron chi connectivity index (χ4n) is 4.56. The zero-order valence-electron chi connectivity index (χ0n) is 19.3. The Balaban J connectivity index is 2.14. The van der Waals surface area contributed by atoms with Crippen LogP contribution in [0.5, 0.6) is 0 Å². The fraction of sp³-hybridized carbons (Fsp3) is 0.286. The molecule has 0 unspecified atom stereocenters. The third-order valence-electron chi connectivity index (χ3n) is 6.07. The number of hydrogen-bond donors (Lipinski definition) is 2. The number of fused-ring (bicyclic) bond motifs is 5. The molecule has 4 aromatic rings. The normalized spacial score (nSPS) is 11.2. The molecule has 0 spiro atoms. The van der Waals surface area contributed by atoms with Crippen molar-refractivity contribution in [2.24, 2.45) is 0 Å². The van der Waals surface area contributed by atoms with Gasteiger partial charge in [-0.15, -0.1) is 0 Å². The molecule has 4 heteroatoms. The summed E-state index contributed by atoms with van der Waals surface area (Å²) >= 11 is 0. The predicted octanol–water partition coefficient (Wildman–Crippen LogP) is 6.04. The number of hydrogen-bond acceptors (Lipinski definition) is 2. The highest BCUT2D eigenvalue weighted by Gasteiger charge is 2.20. The van der Waals surface area contributed by atoms with Crippen molar-refractivity contribution in [2.45, 2.75) is 40.5 Å². The van der Waals surface area contributed by atoms with E-state index in [-0.39, 0.29) is 11.8 Å². The first-order valence-electron chi connectivity index (χ1n) is 11.4. The average Bonchev–Trinajstić information content (AvgIpc) is 2.79. The van der Waals surface area contributed by atoms with Gasteiger partial charge in [0.25, 0.3) is 11.8 Å². The first-order chi connectivity index (χ1) is 15.5. The molecule has 164 valence electrons. The summed E-state index contributed by atoms with van der Waals surface area (Å²) in [5, 5.41) is 12.1. The second-order valence-corrected chi connectivity index (χ2v) is 8.45. The van der Waals surface area contributed by atoms with Crippen molar-refractivity contribution in [3.63, 3.8) is 0 Å². The topological polar surface area (TPSA) is 58.2 Å². The molecule has 2 amide bonds. The van der Waals surface area contributed by atoms with E-state index in [4.69, 9.17) is 0 Å². The molecule has 0 radical (unpaired) electrons. The molecule has 0 saturated carbocycles. The molecule has 4 rings (SSSR count). The minimum atomic E-state index is -0.0776. The van der Waals surface area contributed by atoms with Crippen LogP contribution in [0.2, 0.25) is 0 Å². The lowest BCUT2D eigenvalue weighted by Crippen LogP contribution is -2.25. The maximum atomic E-state index is 13.1. The van der Waals surface area contributed by atoms with Gasteiger partial charge in [0.2, 0.25) is 0 Å². The Morgan fingerprint density at radius 1 is 0.688 bits per heavy atom. The quantitative estimate of drug-likeness (QED) is 0.369. The second kappa shape index (κ2) is 8.99. The van der Waals surface area contributed by atoms with E-state index in [0.717, 1.165) is 56.3 Å². The second-order valence-electron chi connectivity index (χ2n) is 8.45. The van der Waals surface area contributed by atoms with E-state index >= 15 is 0 Å². The number of nitrogens with one attached hydrogen (secondary N) is 2. The Bertz CT molecular complexity index is 1250. The summed E-state index contributed by atoms with van der Waals surface area (Å²) in [4.78, 5) is 26.1. The molecule has 0 atom stereocenters. The van der Waals surface area contributed by atoms with Crippen molar-refractivity contribution in [3.8, 4) is 0 Å². The van der Waals surface area contributed by atoms with Crippen molar-refractivity contribution in [2.75, 3.05) is 13.1 Å². The highest BCUT2D eigenvalue weighted by molar-refractivity contribution is 6.28. The van der Waals surface area contributed by atoms with E-state index in [1.807, 2.05) is 50.2 Å². The molecule has 4 aromatic carbocycles. The van der Waals surface area contributed by atoms with Crippen molar-refractivity contribution < 1.29 is 9.59 Å². The Labute approximate surface area is 189 Å². The maximum Gasteiger partial charge on any atom is 0.251 e. The Hall–Kier alpha value is -3.40. The molecule has 0 bridgehead atoms. The summed E-state index contributed by atoms with van der Waals surface area (Å²) in [5.41, 5.74) is 3.53. The fourth-order valence-corrected chi connectivity index (χ4v) is 4.56. The number of carbonyl (C=O) groups excluding carboxylic acids is 2. The summed E-state index contributed by atoms with van der Waals surface area (Å²) in [6.07, 6.45) is 1.75. The van der Waals surface area contributed by atoms with Gasteiger partial charge in [0.15, 0.2) is 0 Å². The maximum absolute atomic E-state index is 13.1. The Morgan fingerprint density at radius 2 is 1.12 bits per heavy atom. The molecule has 0 aliphatic carbocycles. The lowest BCUT2D eigenvalue weighted by molar-refractivity contribution is 0.0947. The van der Waals surface area contributed by atoms with Gasteiger partial charge >= 0.3 is 0 Å². The number of benzene rings is 4. The summed E-state index contributed by atoms with van der Waals surface area (Å²) in [5.74, 6) is -0.155. The molecular formula is C28H30N2O2. The standard InChI is InChI=1S/C28H30N2O2/c1-5-13-29-27(31)22-15-19-16-23(28(32)30-14-6-2)21-12-8-10-18(4)25(21)26(19)24-17(3)9-7-11-20(22)24/h7-12,15-16H,5-6,13-14H2,1-4H3,(H,29,31)(H,30,32). The number of amides is 2. The van der Waals surface area contributed by atoms with E-state index in [0.29, 0.717) is 24.2 Å². The Morgan fingerprint density at radius 3 is 1.53 bits per heavy atom. The molecule has 0 aliphatic heterocycles. The Kier molecular flexibility index (Phi) is 6.13. The van der Waals surface area contributed by atoms with E-state index in [1.165, 1.54) is 0 Å². The van der Waals surface area contributed by atoms with Gasteiger partial charge in [0.1, 0.15) is 0 Å². The van der Waals surface area contributed by atoms with E-state index in [9.17, 15) is 9.59 Å². The largest absolute Gasteiger partial charge is 0.352 e. The van der Waals surface area contributed by atoms with Gasteiger partial charge < -0.3 is 10.6 Å². The van der Waals surface area contributed by atoms with Gasteiger partial charge in [-0.1, -0.05) is 50.2 Å². The third-order valence-corrected chi connectivity index (χ3v) is 6.07. The molecular weight excluding hydrogens is 396 g/mol. The predicted molar refractivity (Wildman–Crippen MR) is 134 cm³/mol. The van der Waals surface area contributed by atoms with Crippen LogP contribution in [0.3, 0.4) is 0 Å². The monoisotopic (exact) mass is 426 g/mol. The summed E-state index contributed by atoms with van der Waals surface area (Å²) in [6, 6.07) is 16.1. The molecule has 0 aromatic heterocycles. The summed E-state index contributed by atoms with van der Waals surface area (Å²) in [6.45, 7) is 9.51. The first-order valence-corrected chi connectivity index (χ1v) is 11.4. The zero-order valence-corrected chi connectivity index (χ0v) is 19.3. The summed E-state index contributed by atoms with van der Waals surface area (Å²) in [7, 11) is 0. The van der Waals surface area contributed by atoms with E-state index < -0.39 is 0 Å². The minimum Gasteiger partial charge on any atom is -0.352 e. The van der Waals surface area contributed by atoms with Crippen LogP contribution in [0.4, 0.5) is 0 Å². The molecule has 2 N–H and O–H groups in total. The van der Waals surface area contributed by atoms with Gasteiger partial charge in [0, 0.05) is 24.2 Å². The number of rotatable bonds is 6. The van der Waals surface area contributed by atoms with Crippen LogP contribution in [-0.4, -0.2) is 24.9 Å². The zero-order chi connectivity index (χ0) is 22.8. The van der Waals surface area contributed by atoms with Gasteiger partial charge in [0.05, 0.1) is 0 Å². The lowest BCUT2D eigenvalue weighted by atomic mass is 9.87. The van der Waals surface area contributed by atoms with Gasteiger partial charge in [-0.25, -0.2) is 0 Å². The van der Waals surface area contributed by atoms with E-state index in [2.05, 4.69) is 36.6 Å². The number of carbonyl (C=O) groups is 2. The van der Waals surface area contributed by atoms with Crippen LogP contribution in [-0.2, 0) is 0 Å². The highest BCUT2D eigenvalue weighted by Crippen LogP contribution is 2.39. The third kappa shape index (κ3) is 3.70. The van der Waals surface area contributed by atoms with Gasteiger partial charge in [-0.05, 0) is 82.3 Å². The highest BCUT2D eigenvalue weighted by atomic mass is 16.2. The molecule has 4 nitrogen and oxygen atoms in total. The molecule has 0 aliphatic rings. The van der Waals surface area contributed by atoms with Crippen molar-refractivity contribution in [3.05, 3.63) is 70.8 Å². The smallest absolute Gasteiger partial charge is 0.251 e. The van der Waals surface area contributed by atoms with Crippen LogP contribution < -0.4 is 10.6 Å². The van der Waals surface area contributed by atoms with Gasteiger partial charge in [-0.2, -0.15) is 0 Å². The van der Waals surface area contributed by atoms with Crippen LogP contribution in [0, 0.1) is 13.8 Å². The average molecular weight is 427 g/mol. The van der Waals surface area contributed by atoms with Gasteiger partial charge in [-0.3, -0.25) is 9.59 Å². The van der Waals surface area contributed by atoms with E-state index in [1.54, 1.807) is 0 Å². The SMILES string of the molecule is CCCNC(=O)c1cc2cc(C(=O)NCCC)c3cccc(C)c3c2c2c(C)cccc12. The molecule has 0 saturated heterocycles. The first kappa shape index (κ1) is 21.8. The van der Waals surface area contributed by atoms with Crippen LogP contribution in [0.25, 0.3) is 32.3 Å².